The second kappa shape index (κ2) is 4.70. The van der Waals surface area contributed by atoms with Crippen molar-refractivity contribution in [1.82, 2.24) is 5.32 Å². The number of benzene rings is 1. The summed E-state index contributed by atoms with van der Waals surface area (Å²) in [6.07, 6.45) is 3.98. The summed E-state index contributed by atoms with van der Waals surface area (Å²) in [7, 11) is 2.15. The minimum absolute atomic E-state index is 0.705. The topological polar surface area (TPSA) is 12.0 Å². The van der Waals surface area contributed by atoms with Gasteiger partial charge in [0.1, 0.15) is 0 Å². The number of hydrogen-bond acceptors (Lipinski definition) is 1. The third kappa shape index (κ3) is 1.80. The van der Waals surface area contributed by atoms with Gasteiger partial charge in [-0.05, 0) is 54.7 Å². The Balaban J connectivity index is 1.83. The Morgan fingerprint density at radius 2 is 2.11 bits per heavy atom. The highest BCUT2D eigenvalue weighted by Gasteiger charge is 2.56. The van der Waals surface area contributed by atoms with Crippen LogP contribution in [0.25, 0.3) is 0 Å². The zero-order valence-electron chi connectivity index (χ0n) is 11.8. The molecule has 3 rings (SSSR count). The standard InChI is InChI=1S/C17H25N/c1-4-11(2)17(18-3)16-14-10-9-12-7-5-6-8-13(12)15(14)16/h5-8,11,14-18H,4,9-10H2,1-3H3. The van der Waals surface area contributed by atoms with E-state index in [0.717, 1.165) is 23.7 Å². The van der Waals surface area contributed by atoms with Crippen LogP contribution in [0, 0.1) is 17.8 Å². The summed E-state index contributed by atoms with van der Waals surface area (Å²) in [5.74, 6) is 3.47. The average molecular weight is 243 g/mol. The van der Waals surface area contributed by atoms with Gasteiger partial charge in [0.2, 0.25) is 0 Å². The van der Waals surface area contributed by atoms with Crippen LogP contribution in [0.5, 0.6) is 0 Å². The Morgan fingerprint density at radius 1 is 1.33 bits per heavy atom. The van der Waals surface area contributed by atoms with Crippen LogP contribution in [0.1, 0.15) is 43.7 Å². The highest BCUT2D eigenvalue weighted by atomic mass is 14.9. The van der Waals surface area contributed by atoms with Crippen LogP contribution in [0.3, 0.4) is 0 Å². The molecule has 2 aliphatic rings. The first-order valence-corrected chi connectivity index (χ1v) is 7.53. The largest absolute Gasteiger partial charge is 0.316 e. The van der Waals surface area contributed by atoms with Gasteiger partial charge in [-0.3, -0.25) is 0 Å². The molecule has 0 bridgehead atoms. The Kier molecular flexibility index (Phi) is 3.19. The van der Waals surface area contributed by atoms with Crippen LogP contribution >= 0.6 is 0 Å². The molecule has 1 fully saturated rings. The summed E-state index contributed by atoms with van der Waals surface area (Å²) in [6.45, 7) is 4.71. The fourth-order valence-electron chi connectivity index (χ4n) is 4.22. The Bertz CT molecular complexity index is 425. The molecular formula is C17H25N. The van der Waals surface area contributed by atoms with Crippen LogP contribution < -0.4 is 5.32 Å². The molecule has 0 saturated heterocycles. The van der Waals surface area contributed by atoms with E-state index < -0.39 is 0 Å². The van der Waals surface area contributed by atoms with Gasteiger partial charge in [-0.25, -0.2) is 0 Å². The normalized spacial score (nSPS) is 32.3. The van der Waals surface area contributed by atoms with Gasteiger partial charge in [0.05, 0.1) is 0 Å². The first-order valence-electron chi connectivity index (χ1n) is 7.53. The maximum Gasteiger partial charge on any atom is 0.0127 e. The van der Waals surface area contributed by atoms with E-state index in [1.165, 1.54) is 19.3 Å². The van der Waals surface area contributed by atoms with E-state index >= 15 is 0 Å². The SMILES string of the molecule is CCC(C)C(NC)C1C2CCc3ccccc3C21. The Labute approximate surface area is 111 Å². The molecule has 0 radical (unpaired) electrons. The minimum atomic E-state index is 0.705. The van der Waals surface area contributed by atoms with Crippen LogP contribution in [-0.4, -0.2) is 13.1 Å². The van der Waals surface area contributed by atoms with Crippen molar-refractivity contribution in [3.05, 3.63) is 35.4 Å². The second-order valence-electron chi connectivity index (χ2n) is 6.20. The lowest BCUT2D eigenvalue weighted by Crippen LogP contribution is -2.34. The Hall–Kier alpha value is -0.820. The average Bonchev–Trinajstić information content (AvgIpc) is 3.14. The molecule has 0 amide bonds. The van der Waals surface area contributed by atoms with Crippen molar-refractivity contribution in [1.29, 1.82) is 0 Å². The molecule has 0 heterocycles. The van der Waals surface area contributed by atoms with Crippen LogP contribution in [0.2, 0.25) is 0 Å². The highest BCUT2D eigenvalue weighted by Crippen LogP contribution is 2.62. The van der Waals surface area contributed by atoms with E-state index in [-0.39, 0.29) is 0 Å². The smallest absolute Gasteiger partial charge is 0.0127 e. The second-order valence-corrected chi connectivity index (χ2v) is 6.20. The fraction of sp³-hybridized carbons (Fsp3) is 0.647. The first kappa shape index (κ1) is 12.2. The van der Waals surface area contributed by atoms with Gasteiger partial charge in [-0.15, -0.1) is 0 Å². The summed E-state index contributed by atoms with van der Waals surface area (Å²) in [6, 6.07) is 9.82. The molecule has 1 N–H and O–H groups in total. The predicted octanol–water partition coefficient (Wildman–Crippen LogP) is 3.60. The molecule has 98 valence electrons. The number of nitrogens with one attached hydrogen (secondary N) is 1. The number of fused-ring (bicyclic) bond motifs is 3. The van der Waals surface area contributed by atoms with Crippen molar-refractivity contribution in [3.63, 3.8) is 0 Å². The van der Waals surface area contributed by atoms with Gasteiger partial charge >= 0.3 is 0 Å². The van der Waals surface area contributed by atoms with Crippen molar-refractivity contribution < 1.29 is 0 Å². The summed E-state index contributed by atoms with van der Waals surface area (Å²) in [5, 5.41) is 3.60. The summed E-state index contributed by atoms with van der Waals surface area (Å²) >= 11 is 0. The maximum absolute atomic E-state index is 3.60. The molecule has 0 aromatic heterocycles. The van der Waals surface area contributed by atoms with Crippen LogP contribution in [0.15, 0.2) is 24.3 Å². The molecule has 1 nitrogen and oxygen atoms in total. The van der Waals surface area contributed by atoms with Gasteiger partial charge in [0.15, 0.2) is 0 Å². The van der Waals surface area contributed by atoms with Gasteiger partial charge in [0.25, 0.3) is 0 Å². The number of aryl methyl sites for hydroxylation is 1. The van der Waals surface area contributed by atoms with Gasteiger partial charge in [-0.1, -0.05) is 44.5 Å². The van der Waals surface area contributed by atoms with Crippen molar-refractivity contribution in [2.75, 3.05) is 7.05 Å². The molecule has 5 unspecified atom stereocenters. The lowest BCUT2D eigenvalue weighted by molar-refractivity contribution is 0.336. The molecule has 1 aromatic rings. The molecule has 1 aromatic carbocycles. The van der Waals surface area contributed by atoms with Gasteiger partial charge < -0.3 is 5.32 Å². The fourth-order valence-corrected chi connectivity index (χ4v) is 4.22. The molecule has 2 aliphatic carbocycles. The van der Waals surface area contributed by atoms with Gasteiger partial charge in [0, 0.05) is 6.04 Å². The predicted molar refractivity (Wildman–Crippen MR) is 76.8 cm³/mol. The zero-order valence-corrected chi connectivity index (χ0v) is 11.8. The van der Waals surface area contributed by atoms with E-state index in [4.69, 9.17) is 0 Å². The lowest BCUT2D eigenvalue weighted by atomic mass is 9.91. The third-order valence-electron chi connectivity index (χ3n) is 5.40. The van der Waals surface area contributed by atoms with Gasteiger partial charge in [-0.2, -0.15) is 0 Å². The molecule has 5 atom stereocenters. The monoisotopic (exact) mass is 243 g/mol. The molecule has 0 aliphatic heterocycles. The Morgan fingerprint density at radius 3 is 2.83 bits per heavy atom. The van der Waals surface area contributed by atoms with E-state index in [9.17, 15) is 0 Å². The molecular weight excluding hydrogens is 218 g/mol. The first-order chi connectivity index (χ1) is 8.77. The minimum Gasteiger partial charge on any atom is -0.316 e. The van der Waals surface area contributed by atoms with Crippen LogP contribution in [0.4, 0.5) is 0 Å². The van der Waals surface area contributed by atoms with E-state index in [1.807, 2.05) is 0 Å². The lowest BCUT2D eigenvalue weighted by Gasteiger charge is -2.23. The van der Waals surface area contributed by atoms with E-state index in [2.05, 4.69) is 50.5 Å². The summed E-state index contributed by atoms with van der Waals surface area (Å²) in [5.41, 5.74) is 3.27. The van der Waals surface area contributed by atoms with Crippen molar-refractivity contribution in [3.8, 4) is 0 Å². The summed E-state index contributed by atoms with van der Waals surface area (Å²) < 4.78 is 0. The molecule has 0 spiro atoms. The highest BCUT2D eigenvalue weighted by molar-refractivity contribution is 5.40. The van der Waals surface area contributed by atoms with Crippen LogP contribution in [-0.2, 0) is 6.42 Å². The number of rotatable bonds is 4. The van der Waals surface area contributed by atoms with Crippen molar-refractivity contribution >= 4 is 0 Å². The van der Waals surface area contributed by atoms with E-state index in [0.29, 0.717) is 6.04 Å². The van der Waals surface area contributed by atoms with E-state index in [1.54, 1.807) is 11.1 Å². The molecule has 1 heteroatoms. The number of hydrogen-bond donors (Lipinski definition) is 1. The third-order valence-corrected chi connectivity index (χ3v) is 5.40. The zero-order chi connectivity index (χ0) is 12.7. The quantitative estimate of drug-likeness (QED) is 0.852. The summed E-state index contributed by atoms with van der Waals surface area (Å²) in [4.78, 5) is 0. The van der Waals surface area contributed by atoms with Crippen molar-refractivity contribution in [2.24, 2.45) is 17.8 Å². The molecule has 1 saturated carbocycles. The van der Waals surface area contributed by atoms with Crippen molar-refractivity contribution in [2.45, 2.75) is 45.1 Å². The maximum atomic E-state index is 3.60. The molecule has 18 heavy (non-hydrogen) atoms.